The molecule has 3 aromatic carbocycles. The van der Waals surface area contributed by atoms with Crippen LogP contribution >= 0.6 is 11.6 Å². The van der Waals surface area contributed by atoms with Gasteiger partial charge in [0.1, 0.15) is 11.5 Å². The van der Waals surface area contributed by atoms with Crippen LogP contribution in [0.15, 0.2) is 78.9 Å². The van der Waals surface area contributed by atoms with E-state index in [4.69, 9.17) is 16.6 Å². The molecule has 5 heteroatoms. The van der Waals surface area contributed by atoms with E-state index in [0.29, 0.717) is 5.02 Å². The molecule has 0 bridgehead atoms. The van der Waals surface area contributed by atoms with Gasteiger partial charge >= 0.3 is 0 Å². The fraction of sp³-hybridized carbons (Fsp3) is 0.0435. The summed E-state index contributed by atoms with van der Waals surface area (Å²) in [7, 11) is 2.03. The van der Waals surface area contributed by atoms with Crippen molar-refractivity contribution in [2.24, 2.45) is 7.05 Å². The number of fused-ring (bicyclic) bond motifs is 1. The molecule has 0 aliphatic carbocycles. The van der Waals surface area contributed by atoms with Gasteiger partial charge in [0.05, 0.1) is 22.3 Å². The summed E-state index contributed by atoms with van der Waals surface area (Å²) in [6, 6.07) is 26.0. The van der Waals surface area contributed by atoms with Gasteiger partial charge in [-0.25, -0.2) is 4.98 Å². The lowest BCUT2D eigenvalue weighted by Crippen LogP contribution is -1.95. The predicted octanol–water partition coefficient (Wildman–Crippen LogP) is 5.95. The largest absolute Gasteiger partial charge is 0.327 e. The third kappa shape index (κ3) is 2.62. The van der Waals surface area contributed by atoms with Gasteiger partial charge in [-0.1, -0.05) is 72.3 Å². The van der Waals surface area contributed by atoms with Crippen molar-refractivity contribution < 1.29 is 0 Å². The molecule has 136 valence electrons. The average molecular weight is 385 g/mol. The van der Waals surface area contributed by atoms with Gasteiger partial charge in [0.2, 0.25) is 0 Å². The quantitative estimate of drug-likeness (QED) is 0.417. The summed E-state index contributed by atoms with van der Waals surface area (Å²) in [5.41, 5.74) is 6.61. The van der Waals surface area contributed by atoms with Crippen molar-refractivity contribution in [2.45, 2.75) is 0 Å². The molecule has 0 fully saturated rings. The molecule has 0 aliphatic rings. The highest BCUT2D eigenvalue weighted by atomic mass is 35.5. The van der Waals surface area contributed by atoms with E-state index in [2.05, 4.69) is 33.0 Å². The van der Waals surface area contributed by atoms with Crippen LogP contribution < -0.4 is 0 Å². The van der Waals surface area contributed by atoms with E-state index in [1.807, 2.05) is 67.7 Å². The molecule has 2 aromatic heterocycles. The van der Waals surface area contributed by atoms with E-state index >= 15 is 0 Å². The first-order chi connectivity index (χ1) is 13.7. The number of nitrogens with zero attached hydrogens (tertiary/aromatic N) is 3. The molecule has 0 saturated heterocycles. The smallest absolute Gasteiger partial charge is 0.145 e. The molecule has 5 aromatic rings. The second kappa shape index (κ2) is 6.66. The lowest BCUT2D eigenvalue weighted by Gasteiger charge is -2.08. The minimum Gasteiger partial charge on any atom is -0.327 e. The van der Waals surface area contributed by atoms with Crippen LogP contribution in [-0.4, -0.2) is 19.7 Å². The Morgan fingerprint density at radius 2 is 1.57 bits per heavy atom. The van der Waals surface area contributed by atoms with Gasteiger partial charge in [-0.05, 0) is 18.2 Å². The molecule has 2 heterocycles. The number of aromatic nitrogens is 4. The van der Waals surface area contributed by atoms with Gasteiger partial charge in [-0.2, -0.15) is 5.10 Å². The number of nitrogens with one attached hydrogen (secondary N) is 1. The van der Waals surface area contributed by atoms with Crippen molar-refractivity contribution in [1.82, 2.24) is 19.7 Å². The van der Waals surface area contributed by atoms with Crippen LogP contribution in [0.3, 0.4) is 0 Å². The number of H-pyrrole nitrogens is 1. The highest BCUT2D eigenvalue weighted by molar-refractivity contribution is 6.33. The molecule has 0 aliphatic heterocycles. The summed E-state index contributed by atoms with van der Waals surface area (Å²) in [6.07, 6.45) is 0. The molecular weight excluding hydrogens is 368 g/mol. The van der Waals surface area contributed by atoms with Gasteiger partial charge in [0.25, 0.3) is 0 Å². The highest BCUT2D eigenvalue weighted by Gasteiger charge is 2.23. The first-order valence-corrected chi connectivity index (χ1v) is 9.42. The summed E-state index contributed by atoms with van der Waals surface area (Å²) in [5, 5.41) is 8.54. The summed E-state index contributed by atoms with van der Waals surface area (Å²) in [4.78, 5) is 4.92. The topological polar surface area (TPSA) is 46.5 Å². The molecule has 0 atom stereocenters. The highest BCUT2D eigenvalue weighted by Crippen LogP contribution is 2.40. The van der Waals surface area contributed by atoms with Crippen LogP contribution in [0.5, 0.6) is 0 Å². The number of hydrogen-bond donors (Lipinski definition) is 1. The normalized spacial score (nSPS) is 11.2. The summed E-state index contributed by atoms with van der Waals surface area (Å²) in [5.74, 6) is 0.851. The van der Waals surface area contributed by atoms with Crippen molar-refractivity contribution in [3.63, 3.8) is 0 Å². The van der Waals surface area contributed by atoms with Crippen LogP contribution in [0.25, 0.3) is 44.9 Å². The zero-order chi connectivity index (χ0) is 19.1. The lowest BCUT2D eigenvalue weighted by atomic mass is 10.0. The molecule has 5 rings (SSSR count). The number of halogens is 1. The van der Waals surface area contributed by atoms with Gasteiger partial charge in [-0.3, -0.25) is 5.10 Å². The van der Waals surface area contributed by atoms with E-state index in [-0.39, 0.29) is 0 Å². The molecule has 0 unspecified atom stereocenters. The Kier molecular flexibility index (Phi) is 3.99. The Hall–Kier alpha value is -3.37. The molecule has 4 nitrogen and oxygen atoms in total. The minimum atomic E-state index is 0.672. The Bertz CT molecular complexity index is 1280. The van der Waals surface area contributed by atoms with Crippen molar-refractivity contribution in [3.8, 4) is 33.9 Å². The fourth-order valence-corrected chi connectivity index (χ4v) is 3.82. The predicted molar refractivity (Wildman–Crippen MR) is 114 cm³/mol. The van der Waals surface area contributed by atoms with Gasteiger partial charge in [0.15, 0.2) is 0 Å². The van der Waals surface area contributed by atoms with Crippen LogP contribution in [0, 0.1) is 0 Å². The zero-order valence-electron chi connectivity index (χ0n) is 15.2. The van der Waals surface area contributed by atoms with Crippen LogP contribution in [-0.2, 0) is 7.05 Å². The molecular formula is C23H17ClN4. The number of rotatable bonds is 3. The first kappa shape index (κ1) is 16.8. The number of benzene rings is 3. The van der Waals surface area contributed by atoms with Crippen molar-refractivity contribution in [2.75, 3.05) is 0 Å². The molecule has 28 heavy (non-hydrogen) atoms. The summed E-state index contributed by atoms with van der Waals surface area (Å²) >= 11 is 6.52. The van der Waals surface area contributed by atoms with Gasteiger partial charge in [0, 0.05) is 23.2 Å². The van der Waals surface area contributed by atoms with Crippen molar-refractivity contribution in [1.29, 1.82) is 0 Å². The first-order valence-electron chi connectivity index (χ1n) is 9.04. The average Bonchev–Trinajstić information content (AvgIpc) is 3.30. The van der Waals surface area contributed by atoms with Crippen molar-refractivity contribution >= 4 is 22.6 Å². The van der Waals surface area contributed by atoms with Crippen LogP contribution in [0.1, 0.15) is 0 Å². The molecule has 0 amide bonds. The SMILES string of the molecule is Cn1c(-c2c(-c3ccccc3)n[nH]c2-c2ccccc2Cl)nc2ccccc21. The Balaban J connectivity index is 1.85. The second-order valence-corrected chi connectivity index (χ2v) is 7.06. The second-order valence-electron chi connectivity index (χ2n) is 6.65. The van der Waals surface area contributed by atoms with E-state index < -0.39 is 0 Å². The monoisotopic (exact) mass is 384 g/mol. The maximum atomic E-state index is 6.52. The Morgan fingerprint density at radius 3 is 2.36 bits per heavy atom. The van der Waals surface area contributed by atoms with E-state index in [1.165, 1.54) is 0 Å². The maximum Gasteiger partial charge on any atom is 0.145 e. The van der Waals surface area contributed by atoms with E-state index in [9.17, 15) is 0 Å². The molecule has 0 spiro atoms. The Morgan fingerprint density at radius 1 is 0.857 bits per heavy atom. The minimum absolute atomic E-state index is 0.672. The number of imidazole rings is 1. The van der Waals surface area contributed by atoms with Crippen LogP contribution in [0.2, 0.25) is 5.02 Å². The van der Waals surface area contributed by atoms with Gasteiger partial charge in [-0.15, -0.1) is 0 Å². The lowest BCUT2D eigenvalue weighted by molar-refractivity contribution is 0.960. The molecule has 1 N–H and O–H groups in total. The standard InChI is InChI=1S/C23H17ClN4/c1-28-19-14-8-7-13-18(19)25-23(28)20-21(15-9-3-2-4-10-15)26-27-22(20)16-11-5-6-12-17(16)24/h2-14H,1H3,(H,26,27). The van der Waals surface area contributed by atoms with Gasteiger partial charge < -0.3 is 4.57 Å². The summed E-state index contributed by atoms with van der Waals surface area (Å²) < 4.78 is 2.10. The molecule has 0 radical (unpaired) electrons. The zero-order valence-corrected chi connectivity index (χ0v) is 16.0. The van der Waals surface area contributed by atoms with E-state index in [1.54, 1.807) is 0 Å². The molecule has 0 saturated carbocycles. The number of hydrogen-bond acceptors (Lipinski definition) is 2. The van der Waals surface area contributed by atoms with Crippen LogP contribution in [0.4, 0.5) is 0 Å². The summed E-state index contributed by atoms with van der Waals surface area (Å²) in [6.45, 7) is 0. The maximum absolute atomic E-state index is 6.52. The van der Waals surface area contributed by atoms with E-state index in [0.717, 1.165) is 44.9 Å². The number of aryl methyl sites for hydroxylation is 1. The number of para-hydroxylation sites is 2. The van der Waals surface area contributed by atoms with Crippen molar-refractivity contribution in [3.05, 3.63) is 83.9 Å². The third-order valence-electron chi connectivity index (χ3n) is 4.97. The number of aromatic amines is 1. The third-order valence-corrected chi connectivity index (χ3v) is 5.30. The fourth-order valence-electron chi connectivity index (χ4n) is 3.59. The Labute approximate surface area is 167 Å².